The van der Waals surface area contributed by atoms with Gasteiger partial charge in [0.05, 0.1) is 26.2 Å². The van der Waals surface area contributed by atoms with Crippen LogP contribution in [0.15, 0.2) is 60.7 Å². The summed E-state index contributed by atoms with van der Waals surface area (Å²) in [7, 11) is 0. The molecule has 5 unspecified atom stereocenters. The molecule has 1 heterocycles. The number of carboxylic acid groups (broad SMARTS) is 7. The Kier molecular flexibility index (Phi) is 39.2. The van der Waals surface area contributed by atoms with Crippen molar-refractivity contribution in [2.45, 2.75) is 133 Å². The maximum absolute atomic E-state index is 14.4. The number of rotatable bonds is 42. The summed E-state index contributed by atoms with van der Waals surface area (Å²) >= 11 is 0. The van der Waals surface area contributed by atoms with Crippen LogP contribution in [0.4, 0.5) is 4.79 Å². The Labute approximate surface area is 546 Å². The van der Waals surface area contributed by atoms with Crippen molar-refractivity contribution in [1.82, 2.24) is 56.8 Å². The van der Waals surface area contributed by atoms with Gasteiger partial charge in [-0.3, -0.25) is 62.8 Å². The first-order valence-electron chi connectivity index (χ1n) is 30.4. The molecule has 14 N–H and O–H groups in total. The van der Waals surface area contributed by atoms with Crippen molar-refractivity contribution in [1.29, 1.82) is 0 Å². The molecular formula is C60H89GaN11O20+3. The molecule has 0 bridgehead atoms. The summed E-state index contributed by atoms with van der Waals surface area (Å²) in [6, 6.07) is 9.48. The van der Waals surface area contributed by atoms with Crippen LogP contribution in [0.25, 0.3) is 0 Å². The van der Waals surface area contributed by atoms with Crippen molar-refractivity contribution >= 4 is 97.1 Å². The van der Waals surface area contributed by atoms with Crippen molar-refractivity contribution in [3.05, 3.63) is 71.8 Å². The standard InChI is InChI=1S/C60H89N11O20.Ga/c72-48(21-9-1-2-10-22-49(73)62-26-14-12-20-44(58(87)88)66-60(91)67-45(59(89)90)23-24-51(75)76)61-25-13-11-19-43(57(85)86)64-56(84)47(36-42-17-7-4-8-18-42)65-55(83)46(35-41-15-5-3-6-16-41)63-50(74)37-68-27-29-69(38-52(77)78)31-33-71(40-54(81)82)34-32-70(30-28-68)39-53(79)80;/h3-8,15-18,43-47H,1-2,9-14,19-40H2,(H,61,72)(H,62,73)(H,63,74)(H,64,84)(H,65,83)(H,75,76)(H,77,78)(H,79,80)(H,81,82)(H,85,86)(H,87,88)(H,89,90)(H2,66,67,91);/q;+3. The van der Waals surface area contributed by atoms with Crippen molar-refractivity contribution in [3.63, 3.8) is 0 Å². The predicted octanol–water partition coefficient (Wildman–Crippen LogP) is -0.911. The van der Waals surface area contributed by atoms with Crippen molar-refractivity contribution in [2.24, 2.45) is 0 Å². The Morgan fingerprint density at radius 2 is 0.685 bits per heavy atom. The summed E-state index contributed by atoms with van der Waals surface area (Å²) in [5, 5.41) is 84.4. The van der Waals surface area contributed by atoms with E-state index in [-0.39, 0.29) is 168 Å². The number of benzene rings is 2. The van der Waals surface area contributed by atoms with Gasteiger partial charge in [0.25, 0.3) is 0 Å². The van der Waals surface area contributed by atoms with Crippen LogP contribution < -0.4 is 37.2 Å². The molecule has 0 aliphatic carbocycles. The number of hydrogen-bond donors (Lipinski definition) is 14. The van der Waals surface area contributed by atoms with E-state index >= 15 is 0 Å². The second-order valence-corrected chi connectivity index (χ2v) is 22.2. The zero-order valence-electron chi connectivity index (χ0n) is 51.7. The molecule has 92 heavy (non-hydrogen) atoms. The van der Waals surface area contributed by atoms with E-state index < -0.39 is 109 Å². The third-order valence-electron chi connectivity index (χ3n) is 14.7. The molecule has 5 atom stereocenters. The Morgan fingerprint density at radius 1 is 0.348 bits per heavy atom. The summed E-state index contributed by atoms with van der Waals surface area (Å²) in [6.07, 6.45) is 3.13. The maximum Gasteiger partial charge on any atom is 3.00 e. The first kappa shape index (κ1) is 79.9. The van der Waals surface area contributed by atoms with E-state index in [0.717, 1.165) is 0 Å². The van der Waals surface area contributed by atoms with Crippen LogP contribution in [0.1, 0.15) is 101 Å². The van der Waals surface area contributed by atoms with Gasteiger partial charge < -0.3 is 73.0 Å². The smallest absolute Gasteiger partial charge is 0.481 e. The fourth-order valence-electron chi connectivity index (χ4n) is 9.79. The van der Waals surface area contributed by atoms with Crippen LogP contribution in [-0.4, -0.2) is 274 Å². The summed E-state index contributed by atoms with van der Waals surface area (Å²) in [4.78, 5) is 168. The fraction of sp³-hybridized carbons (Fsp3) is 0.583. The van der Waals surface area contributed by atoms with Gasteiger partial charge in [0.2, 0.25) is 29.5 Å². The molecule has 0 radical (unpaired) electrons. The molecule has 3 rings (SSSR count). The number of unbranched alkanes of at least 4 members (excludes halogenated alkanes) is 5. The van der Waals surface area contributed by atoms with Gasteiger partial charge in [0, 0.05) is 97.6 Å². The molecule has 1 aliphatic rings. The molecule has 1 saturated heterocycles. The van der Waals surface area contributed by atoms with Gasteiger partial charge >= 0.3 is 67.6 Å². The topological polar surface area (TPSA) is 461 Å². The molecule has 31 nitrogen and oxygen atoms in total. The van der Waals surface area contributed by atoms with Gasteiger partial charge in [0.15, 0.2) is 0 Å². The number of carbonyl (C=O) groups excluding carboxylic acids is 6. The van der Waals surface area contributed by atoms with E-state index in [1.165, 1.54) is 0 Å². The number of aliphatic carboxylic acids is 7. The molecule has 2 aromatic rings. The largest absolute Gasteiger partial charge is 3.00 e. The Morgan fingerprint density at radius 3 is 1.04 bits per heavy atom. The predicted molar refractivity (Wildman–Crippen MR) is 331 cm³/mol. The Balaban J connectivity index is 0.0000288. The van der Waals surface area contributed by atoms with E-state index in [1.807, 2.05) is 0 Å². The molecule has 0 spiro atoms. The Bertz CT molecular complexity index is 2670. The third-order valence-corrected chi connectivity index (χ3v) is 14.7. The SMILES string of the molecule is O=C(O)CCC(NC(=O)NC(CCCCNC(=O)CCCCCCC(=O)NCCCCC(NC(=O)C(Cc1ccccc1)NC(=O)C(Cc1ccccc1)NC(=O)CN1CCN(CC(=O)O)CCN(CC(=O)O)CCN(CC(=O)O)CC1)C(=O)O)C(=O)O)C(=O)O.[Ga+3]. The third kappa shape index (κ3) is 36.0. The first-order valence-corrected chi connectivity index (χ1v) is 30.4. The number of amides is 7. The van der Waals surface area contributed by atoms with Gasteiger partial charge in [-0.2, -0.15) is 0 Å². The van der Waals surface area contributed by atoms with Gasteiger partial charge in [-0.05, 0) is 68.9 Å². The monoisotopic (exact) mass is 1350 g/mol. The molecular weight excluding hydrogens is 1260 g/mol. The Hall–Kier alpha value is -8.17. The van der Waals surface area contributed by atoms with Gasteiger partial charge in [-0.15, -0.1) is 0 Å². The number of carboxylic acids is 7. The fourth-order valence-corrected chi connectivity index (χ4v) is 9.79. The molecule has 2 aromatic carbocycles. The average Bonchev–Trinajstić information content (AvgIpc) is 1.60. The van der Waals surface area contributed by atoms with Crippen molar-refractivity contribution < 1.29 is 98.1 Å². The normalized spacial score (nSPS) is 15.1. The number of urea groups is 1. The molecule has 0 saturated carbocycles. The second-order valence-electron chi connectivity index (χ2n) is 22.2. The van der Waals surface area contributed by atoms with E-state index in [9.17, 15) is 93.0 Å². The average molecular weight is 1350 g/mol. The maximum atomic E-state index is 14.4. The minimum absolute atomic E-state index is 0. The number of nitrogens with one attached hydrogen (secondary N) is 7. The quantitative estimate of drug-likeness (QED) is 0.0283. The summed E-state index contributed by atoms with van der Waals surface area (Å²) < 4.78 is 0. The molecule has 0 aromatic heterocycles. The minimum Gasteiger partial charge on any atom is -0.481 e. The molecule has 7 amide bonds. The second kappa shape index (κ2) is 45.2. The summed E-state index contributed by atoms with van der Waals surface area (Å²) in [6.45, 7) is 0.313. The van der Waals surface area contributed by atoms with Crippen molar-refractivity contribution in [3.8, 4) is 0 Å². The van der Waals surface area contributed by atoms with Crippen LogP contribution in [0, 0.1) is 0 Å². The summed E-state index contributed by atoms with van der Waals surface area (Å²) in [5.74, 6) is -11.4. The first-order chi connectivity index (χ1) is 43.4. The zero-order valence-corrected chi connectivity index (χ0v) is 54.1. The van der Waals surface area contributed by atoms with Gasteiger partial charge in [0.1, 0.15) is 30.2 Å². The van der Waals surface area contributed by atoms with E-state index in [1.54, 1.807) is 80.3 Å². The van der Waals surface area contributed by atoms with Crippen LogP contribution in [0.2, 0.25) is 0 Å². The van der Waals surface area contributed by atoms with Gasteiger partial charge in [-0.1, -0.05) is 73.5 Å². The van der Waals surface area contributed by atoms with Crippen LogP contribution in [0.5, 0.6) is 0 Å². The molecule has 504 valence electrons. The molecule has 1 aliphatic heterocycles. The minimum atomic E-state index is -1.53. The molecule has 32 heteroatoms. The number of hydrogen-bond acceptors (Lipinski definition) is 17. The summed E-state index contributed by atoms with van der Waals surface area (Å²) in [5.41, 5.74) is 1.28. The number of carbonyl (C=O) groups is 13. The number of nitrogens with zero attached hydrogens (tertiary/aromatic N) is 4. The van der Waals surface area contributed by atoms with Crippen LogP contribution in [-0.2, 0) is 70.4 Å². The van der Waals surface area contributed by atoms with Gasteiger partial charge in [-0.25, -0.2) is 19.2 Å². The zero-order chi connectivity index (χ0) is 67.1. The van der Waals surface area contributed by atoms with Crippen LogP contribution >= 0.6 is 0 Å². The van der Waals surface area contributed by atoms with E-state index in [2.05, 4.69) is 37.2 Å². The van der Waals surface area contributed by atoms with E-state index in [0.29, 0.717) is 56.1 Å². The molecule has 1 fully saturated rings. The van der Waals surface area contributed by atoms with E-state index in [4.69, 9.17) is 5.11 Å². The van der Waals surface area contributed by atoms with Crippen LogP contribution in [0.3, 0.4) is 0 Å². The van der Waals surface area contributed by atoms with Crippen molar-refractivity contribution in [2.75, 3.05) is 91.6 Å².